The fourth-order valence-corrected chi connectivity index (χ4v) is 3.65. The van der Waals surface area contributed by atoms with E-state index in [9.17, 15) is 4.79 Å². The maximum Gasteiger partial charge on any atom is 0.272 e. The first-order valence-corrected chi connectivity index (χ1v) is 10.1. The quantitative estimate of drug-likeness (QED) is 0.694. The fourth-order valence-electron chi connectivity index (χ4n) is 3.65. The normalized spacial score (nSPS) is 16.0. The summed E-state index contributed by atoms with van der Waals surface area (Å²) in [6.45, 7) is 3.68. The smallest absolute Gasteiger partial charge is 0.272 e. The molecule has 30 heavy (non-hydrogen) atoms. The SMILES string of the molecule is CC1CCCN(C(=O)c2cc(Nc3ccc(C#N)cc3)nc(-c3ccccc3)n2)C1. The molecule has 0 aliphatic carbocycles. The highest BCUT2D eigenvalue weighted by molar-refractivity contribution is 5.93. The van der Waals surface area contributed by atoms with E-state index in [0.29, 0.717) is 28.8 Å². The van der Waals surface area contributed by atoms with Gasteiger partial charge in [0.25, 0.3) is 5.91 Å². The van der Waals surface area contributed by atoms with Crippen LogP contribution in [0.4, 0.5) is 11.5 Å². The van der Waals surface area contributed by atoms with Crippen LogP contribution in [0.2, 0.25) is 0 Å². The zero-order valence-electron chi connectivity index (χ0n) is 16.9. The number of anilines is 2. The fraction of sp³-hybridized carbons (Fsp3) is 0.250. The first kappa shape index (κ1) is 19.6. The molecular formula is C24H23N5O. The molecule has 0 saturated carbocycles. The lowest BCUT2D eigenvalue weighted by Crippen LogP contribution is -2.39. The molecule has 4 rings (SSSR count). The molecule has 1 aliphatic heterocycles. The highest BCUT2D eigenvalue weighted by atomic mass is 16.2. The summed E-state index contributed by atoms with van der Waals surface area (Å²) >= 11 is 0. The van der Waals surface area contributed by atoms with Gasteiger partial charge in [0.1, 0.15) is 11.5 Å². The number of hydrogen-bond donors (Lipinski definition) is 1. The number of amides is 1. The number of rotatable bonds is 4. The molecule has 1 unspecified atom stereocenters. The van der Waals surface area contributed by atoms with Crippen molar-refractivity contribution in [3.05, 3.63) is 71.9 Å². The van der Waals surface area contributed by atoms with E-state index in [1.54, 1.807) is 18.2 Å². The van der Waals surface area contributed by atoms with E-state index < -0.39 is 0 Å². The van der Waals surface area contributed by atoms with Crippen molar-refractivity contribution in [3.8, 4) is 17.5 Å². The number of likely N-dealkylation sites (tertiary alicyclic amines) is 1. The predicted octanol–water partition coefficient (Wildman–Crippen LogP) is 4.63. The molecule has 1 fully saturated rings. The van der Waals surface area contributed by atoms with Crippen molar-refractivity contribution in [2.45, 2.75) is 19.8 Å². The van der Waals surface area contributed by atoms with Crippen molar-refractivity contribution in [1.82, 2.24) is 14.9 Å². The first-order chi connectivity index (χ1) is 14.6. The average molecular weight is 397 g/mol. The third-order valence-electron chi connectivity index (χ3n) is 5.21. The van der Waals surface area contributed by atoms with Crippen LogP contribution in [0.5, 0.6) is 0 Å². The highest BCUT2D eigenvalue weighted by Crippen LogP contribution is 2.23. The van der Waals surface area contributed by atoms with Gasteiger partial charge in [0.2, 0.25) is 0 Å². The third kappa shape index (κ3) is 4.47. The molecule has 2 aromatic carbocycles. The number of carbonyl (C=O) groups excluding carboxylic acids is 1. The van der Waals surface area contributed by atoms with Gasteiger partial charge in [0, 0.05) is 30.4 Å². The number of nitrogens with zero attached hydrogens (tertiary/aromatic N) is 4. The van der Waals surface area contributed by atoms with Crippen molar-refractivity contribution in [3.63, 3.8) is 0 Å². The summed E-state index contributed by atoms with van der Waals surface area (Å²) in [5.41, 5.74) is 2.61. The average Bonchev–Trinajstić information content (AvgIpc) is 2.79. The summed E-state index contributed by atoms with van der Waals surface area (Å²) in [7, 11) is 0. The van der Waals surface area contributed by atoms with Crippen molar-refractivity contribution in [2.24, 2.45) is 5.92 Å². The van der Waals surface area contributed by atoms with Crippen molar-refractivity contribution in [1.29, 1.82) is 5.26 Å². The van der Waals surface area contributed by atoms with E-state index in [0.717, 1.165) is 37.2 Å². The van der Waals surface area contributed by atoms with Crippen LogP contribution in [-0.4, -0.2) is 33.9 Å². The van der Waals surface area contributed by atoms with Crippen LogP contribution >= 0.6 is 0 Å². The van der Waals surface area contributed by atoms with Gasteiger partial charge < -0.3 is 10.2 Å². The van der Waals surface area contributed by atoms with Gasteiger partial charge in [-0.15, -0.1) is 0 Å². The van der Waals surface area contributed by atoms with Crippen LogP contribution in [0.3, 0.4) is 0 Å². The number of piperidine rings is 1. The van der Waals surface area contributed by atoms with Crippen LogP contribution in [0.25, 0.3) is 11.4 Å². The number of aromatic nitrogens is 2. The molecule has 1 saturated heterocycles. The zero-order valence-corrected chi connectivity index (χ0v) is 16.9. The van der Waals surface area contributed by atoms with Crippen molar-refractivity contribution in [2.75, 3.05) is 18.4 Å². The maximum absolute atomic E-state index is 13.2. The number of benzene rings is 2. The molecule has 1 N–H and O–H groups in total. The summed E-state index contributed by atoms with van der Waals surface area (Å²) in [4.78, 5) is 24.3. The van der Waals surface area contributed by atoms with Crippen LogP contribution in [-0.2, 0) is 0 Å². The Bertz CT molecular complexity index is 1070. The van der Waals surface area contributed by atoms with Crippen LogP contribution < -0.4 is 5.32 Å². The Balaban J connectivity index is 1.69. The predicted molar refractivity (Wildman–Crippen MR) is 116 cm³/mol. The van der Waals surface area contributed by atoms with E-state index in [-0.39, 0.29) is 5.91 Å². The lowest BCUT2D eigenvalue weighted by molar-refractivity contribution is 0.0677. The minimum absolute atomic E-state index is 0.0657. The summed E-state index contributed by atoms with van der Waals surface area (Å²) in [5, 5.41) is 12.2. The second-order valence-corrected chi connectivity index (χ2v) is 7.64. The maximum atomic E-state index is 13.2. The lowest BCUT2D eigenvalue weighted by atomic mass is 10.00. The number of carbonyl (C=O) groups is 1. The van der Waals surface area contributed by atoms with Gasteiger partial charge in [-0.05, 0) is 43.0 Å². The molecule has 0 radical (unpaired) electrons. The Morgan fingerprint density at radius 3 is 2.60 bits per heavy atom. The van der Waals surface area contributed by atoms with Gasteiger partial charge in [-0.2, -0.15) is 5.26 Å². The first-order valence-electron chi connectivity index (χ1n) is 10.1. The van der Waals surface area contributed by atoms with Crippen molar-refractivity contribution >= 4 is 17.4 Å². The molecule has 1 atom stereocenters. The molecule has 150 valence electrons. The Kier molecular flexibility index (Phi) is 5.71. The zero-order chi connectivity index (χ0) is 20.9. The Hall–Kier alpha value is -3.72. The molecule has 1 aromatic heterocycles. The van der Waals surface area contributed by atoms with Gasteiger partial charge >= 0.3 is 0 Å². The van der Waals surface area contributed by atoms with E-state index in [1.807, 2.05) is 47.4 Å². The van der Waals surface area contributed by atoms with Crippen LogP contribution in [0.15, 0.2) is 60.7 Å². The molecule has 3 aromatic rings. The monoisotopic (exact) mass is 397 g/mol. The summed E-state index contributed by atoms with van der Waals surface area (Å²) in [6.07, 6.45) is 2.16. The number of hydrogen-bond acceptors (Lipinski definition) is 5. The molecule has 1 aliphatic rings. The molecule has 1 amide bonds. The van der Waals surface area contributed by atoms with Gasteiger partial charge in [-0.3, -0.25) is 4.79 Å². The Morgan fingerprint density at radius 1 is 1.13 bits per heavy atom. The standard InChI is InChI=1S/C24H23N5O/c1-17-6-5-13-29(16-17)24(30)21-14-22(26-20-11-9-18(15-25)10-12-20)28-23(27-21)19-7-3-2-4-8-19/h2-4,7-12,14,17H,5-6,13,16H2,1H3,(H,26,27,28). The Labute approximate surface area is 176 Å². The summed E-state index contributed by atoms with van der Waals surface area (Å²) < 4.78 is 0. The van der Waals surface area contributed by atoms with E-state index in [2.05, 4.69) is 28.3 Å². The van der Waals surface area contributed by atoms with E-state index in [4.69, 9.17) is 5.26 Å². The topological polar surface area (TPSA) is 81.9 Å². The van der Waals surface area contributed by atoms with Gasteiger partial charge in [0.05, 0.1) is 11.6 Å². The molecular weight excluding hydrogens is 374 g/mol. The largest absolute Gasteiger partial charge is 0.340 e. The third-order valence-corrected chi connectivity index (χ3v) is 5.21. The second kappa shape index (κ2) is 8.75. The molecule has 6 heteroatoms. The Morgan fingerprint density at radius 2 is 1.90 bits per heavy atom. The molecule has 0 spiro atoms. The van der Waals surface area contributed by atoms with Crippen molar-refractivity contribution < 1.29 is 4.79 Å². The summed E-state index contributed by atoms with van der Waals surface area (Å²) in [6, 6.07) is 20.6. The van der Waals surface area contributed by atoms with Crippen LogP contribution in [0.1, 0.15) is 35.8 Å². The number of nitrogens with one attached hydrogen (secondary N) is 1. The minimum atomic E-state index is -0.0657. The molecule has 0 bridgehead atoms. The van der Waals surface area contributed by atoms with Gasteiger partial charge in [-0.1, -0.05) is 37.3 Å². The lowest BCUT2D eigenvalue weighted by Gasteiger charge is -2.30. The summed E-state index contributed by atoms with van der Waals surface area (Å²) in [5.74, 6) is 1.48. The van der Waals surface area contributed by atoms with Crippen LogP contribution in [0, 0.1) is 17.2 Å². The minimum Gasteiger partial charge on any atom is -0.340 e. The number of nitriles is 1. The highest BCUT2D eigenvalue weighted by Gasteiger charge is 2.24. The van der Waals surface area contributed by atoms with E-state index in [1.165, 1.54) is 0 Å². The molecule has 2 heterocycles. The second-order valence-electron chi connectivity index (χ2n) is 7.64. The van der Waals surface area contributed by atoms with Gasteiger partial charge in [-0.25, -0.2) is 9.97 Å². The molecule has 6 nitrogen and oxygen atoms in total. The van der Waals surface area contributed by atoms with E-state index >= 15 is 0 Å². The van der Waals surface area contributed by atoms with Gasteiger partial charge in [0.15, 0.2) is 5.82 Å².